The van der Waals surface area contributed by atoms with Crippen molar-refractivity contribution in [1.82, 2.24) is 15.1 Å². The van der Waals surface area contributed by atoms with E-state index in [2.05, 4.69) is 15.5 Å². The van der Waals surface area contributed by atoms with E-state index in [1.807, 2.05) is 0 Å². The molecule has 0 spiro atoms. The largest absolute Gasteiger partial charge is 0.482 e. The second-order valence-electron chi connectivity index (χ2n) is 5.70. The van der Waals surface area contributed by atoms with Crippen molar-refractivity contribution in [3.05, 3.63) is 30.6 Å². The third kappa shape index (κ3) is 4.07. The zero-order chi connectivity index (χ0) is 17.8. The fourth-order valence-electron chi connectivity index (χ4n) is 2.65. The van der Waals surface area contributed by atoms with Crippen molar-refractivity contribution in [3.8, 4) is 16.9 Å². The number of aliphatic hydroxyl groups excluding tert-OH is 1. The van der Waals surface area contributed by atoms with Crippen LogP contribution in [0.4, 0.5) is 10.5 Å². The Morgan fingerprint density at radius 1 is 1.40 bits per heavy atom. The van der Waals surface area contributed by atoms with Crippen LogP contribution in [0.1, 0.15) is 6.42 Å². The standard InChI is InChI=1S/C16H18N4O5/c21-12-3-4-20(8-12)15(22)9-25-14-5-10(11-6-17-18-7-11)1-2-13(14)19-16(23)24/h1-2,5-7,12,19,21H,3-4,8-9H2,(H,17,18)(H,23,24). The molecule has 1 aliphatic rings. The lowest BCUT2D eigenvalue weighted by atomic mass is 10.1. The summed E-state index contributed by atoms with van der Waals surface area (Å²) in [6.07, 6.45) is 2.14. The molecule has 1 fully saturated rings. The molecule has 0 aliphatic carbocycles. The first-order valence-corrected chi connectivity index (χ1v) is 7.74. The smallest absolute Gasteiger partial charge is 0.409 e. The molecular formula is C16H18N4O5. The number of anilines is 1. The van der Waals surface area contributed by atoms with E-state index in [9.17, 15) is 14.7 Å². The summed E-state index contributed by atoms with van der Waals surface area (Å²) in [7, 11) is 0. The van der Waals surface area contributed by atoms with E-state index >= 15 is 0 Å². The molecule has 1 aromatic heterocycles. The lowest BCUT2D eigenvalue weighted by Gasteiger charge is -2.17. The van der Waals surface area contributed by atoms with Crippen LogP contribution in [0.25, 0.3) is 11.1 Å². The minimum atomic E-state index is -1.23. The van der Waals surface area contributed by atoms with Gasteiger partial charge in [0, 0.05) is 24.8 Å². The Morgan fingerprint density at radius 2 is 2.24 bits per heavy atom. The molecule has 132 valence electrons. The van der Waals surface area contributed by atoms with Crippen molar-refractivity contribution < 1.29 is 24.5 Å². The first-order chi connectivity index (χ1) is 12.0. The van der Waals surface area contributed by atoms with Crippen LogP contribution < -0.4 is 10.1 Å². The average molecular weight is 346 g/mol. The number of H-pyrrole nitrogens is 1. The molecule has 9 heteroatoms. The Hall–Kier alpha value is -3.07. The number of carbonyl (C=O) groups is 2. The normalized spacial score (nSPS) is 16.7. The third-order valence-electron chi connectivity index (χ3n) is 3.92. The number of hydrogen-bond acceptors (Lipinski definition) is 5. The number of aromatic amines is 1. The molecule has 3 rings (SSSR count). The van der Waals surface area contributed by atoms with E-state index in [-0.39, 0.29) is 30.5 Å². The summed E-state index contributed by atoms with van der Waals surface area (Å²) < 4.78 is 5.56. The number of rotatable bonds is 5. The van der Waals surface area contributed by atoms with Crippen molar-refractivity contribution in [3.63, 3.8) is 0 Å². The SMILES string of the molecule is O=C(O)Nc1ccc(-c2cn[nH]c2)cc1OCC(=O)N1CCC(O)C1. The molecule has 1 unspecified atom stereocenters. The summed E-state index contributed by atoms with van der Waals surface area (Å²) in [6.45, 7) is 0.534. The minimum absolute atomic E-state index is 0.240. The predicted molar refractivity (Wildman–Crippen MR) is 88.4 cm³/mol. The van der Waals surface area contributed by atoms with E-state index in [0.717, 1.165) is 11.1 Å². The summed E-state index contributed by atoms with van der Waals surface area (Å²) in [4.78, 5) is 24.6. The molecule has 2 heterocycles. The van der Waals surface area contributed by atoms with Crippen LogP contribution in [0, 0.1) is 0 Å². The van der Waals surface area contributed by atoms with Gasteiger partial charge in [0.15, 0.2) is 6.61 Å². The number of carbonyl (C=O) groups excluding carboxylic acids is 1. The number of β-amino-alcohol motifs (C(OH)–C–C–N with tert-alkyl or cyclic N) is 1. The van der Waals surface area contributed by atoms with Gasteiger partial charge in [-0.05, 0) is 24.1 Å². The van der Waals surface area contributed by atoms with Gasteiger partial charge in [-0.2, -0.15) is 5.10 Å². The van der Waals surface area contributed by atoms with E-state index in [1.54, 1.807) is 30.6 Å². The summed E-state index contributed by atoms with van der Waals surface area (Å²) >= 11 is 0. The summed E-state index contributed by atoms with van der Waals surface area (Å²) in [5.41, 5.74) is 1.82. The van der Waals surface area contributed by atoms with Crippen molar-refractivity contribution in [2.75, 3.05) is 25.0 Å². The lowest BCUT2D eigenvalue weighted by molar-refractivity contribution is -0.132. The molecule has 1 atom stereocenters. The summed E-state index contributed by atoms with van der Waals surface area (Å²) in [5.74, 6) is -0.0132. The quantitative estimate of drug-likeness (QED) is 0.643. The van der Waals surface area contributed by atoms with Crippen molar-refractivity contribution in [2.24, 2.45) is 0 Å². The maximum Gasteiger partial charge on any atom is 0.409 e. The first-order valence-electron chi connectivity index (χ1n) is 7.74. The molecule has 25 heavy (non-hydrogen) atoms. The number of nitrogens with zero attached hydrogens (tertiary/aromatic N) is 2. The van der Waals surface area contributed by atoms with Gasteiger partial charge in [-0.15, -0.1) is 0 Å². The van der Waals surface area contributed by atoms with E-state index < -0.39 is 12.2 Å². The van der Waals surface area contributed by atoms with Gasteiger partial charge in [0.2, 0.25) is 0 Å². The predicted octanol–water partition coefficient (Wildman–Crippen LogP) is 1.14. The summed E-state index contributed by atoms with van der Waals surface area (Å²) in [5, 5.41) is 27.3. The van der Waals surface area contributed by atoms with Crippen LogP contribution >= 0.6 is 0 Å². The zero-order valence-corrected chi connectivity index (χ0v) is 13.3. The van der Waals surface area contributed by atoms with Crippen LogP contribution in [0.2, 0.25) is 0 Å². The number of benzene rings is 1. The van der Waals surface area contributed by atoms with Gasteiger partial charge >= 0.3 is 6.09 Å². The van der Waals surface area contributed by atoms with Crippen LogP contribution in [0.15, 0.2) is 30.6 Å². The van der Waals surface area contributed by atoms with Crippen LogP contribution in [0.5, 0.6) is 5.75 Å². The minimum Gasteiger partial charge on any atom is -0.482 e. The Bertz CT molecular complexity index is 762. The lowest BCUT2D eigenvalue weighted by Crippen LogP contribution is -2.33. The van der Waals surface area contributed by atoms with E-state index in [4.69, 9.17) is 9.84 Å². The number of amides is 2. The number of carboxylic acid groups (broad SMARTS) is 1. The maximum absolute atomic E-state index is 12.1. The molecule has 1 aliphatic heterocycles. The molecule has 0 bridgehead atoms. The number of ether oxygens (including phenoxy) is 1. The molecule has 4 N–H and O–H groups in total. The van der Waals surface area contributed by atoms with Gasteiger partial charge in [0.1, 0.15) is 5.75 Å². The van der Waals surface area contributed by atoms with Crippen molar-refractivity contribution in [2.45, 2.75) is 12.5 Å². The number of aromatic nitrogens is 2. The van der Waals surface area contributed by atoms with E-state index in [1.165, 1.54) is 4.90 Å². The Kier molecular flexibility index (Phi) is 4.85. The molecular weight excluding hydrogens is 328 g/mol. The number of aliphatic hydroxyl groups is 1. The molecule has 0 saturated carbocycles. The van der Waals surface area contributed by atoms with Crippen LogP contribution in [-0.2, 0) is 4.79 Å². The number of nitrogens with one attached hydrogen (secondary N) is 2. The summed E-state index contributed by atoms with van der Waals surface area (Å²) in [6, 6.07) is 4.93. The van der Waals surface area contributed by atoms with Gasteiger partial charge in [-0.3, -0.25) is 15.2 Å². The van der Waals surface area contributed by atoms with Gasteiger partial charge in [-0.1, -0.05) is 6.07 Å². The molecule has 2 amide bonds. The Balaban J connectivity index is 1.76. The Labute approximate surface area is 143 Å². The fourth-order valence-corrected chi connectivity index (χ4v) is 2.65. The van der Waals surface area contributed by atoms with Crippen LogP contribution in [0.3, 0.4) is 0 Å². The highest BCUT2D eigenvalue weighted by molar-refractivity contribution is 5.86. The maximum atomic E-state index is 12.1. The van der Waals surface area contributed by atoms with Crippen LogP contribution in [-0.4, -0.2) is 63.1 Å². The second kappa shape index (κ2) is 7.22. The van der Waals surface area contributed by atoms with Gasteiger partial charge in [0.25, 0.3) is 5.91 Å². The van der Waals surface area contributed by atoms with Gasteiger partial charge in [0.05, 0.1) is 18.0 Å². The van der Waals surface area contributed by atoms with Crippen molar-refractivity contribution >= 4 is 17.7 Å². The second-order valence-corrected chi connectivity index (χ2v) is 5.70. The highest BCUT2D eigenvalue weighted by atomic mass is 16.5. The molecule has 9 nitrogen and oxygen atoms in total. The average Bonchev–Trinajstić information content (AvgIpc) is 3.24. The zero-order valence-electron chi connectivity index (χ0n) is 13.3. The Morgan fingerprint density at radius 3 is 2.88 bits per heavy atom. The highest BCUT2D eigenvalue weighted by Crippen LogP contribution is 2.30. The molecule has 0 radical (unpaired) electrons. The highest BCUT2D eigenvalue weighted by Gasteiger charge is 2.25. The molecule has 1 saturated heterocycles. The topological polar surface area (TPSA) is 128 Å². The number of hydrogen-bond donors (Lipinski definition) is 4. The van der Waals surface area contributed by atoms with E-state index in [0.29, 0.717) is 13.0 Å². The van der Waals surface area contributed by atoms with Gasteiger partial charge < -0.3 is 19.8 Å². The molecule has 1 aromatic carbocycles. The monoisotopic (exact) mass is 346 g/mol. The fraction of sp³-hybridized carbons (Fsp3) is 0.312. The third-order valence-corrected chi connectivity index (χ3v) is 3.92. The number of likely N-dealkylation sites (tertiary alicyclic amines) is 1. The first kappa shape index (κ1) is 16.8. The molecule has 2 aromatic rings. The van der Waals surface area contributed by atoms with Gasteiger partial charge in [-0.25, -0.2) is 4.79 Å². The van der Waals surface area contributed by atoms with Crippen molar-refractivity contribution in [1.29, 1.82) is 0 Å².